The molecule has 5 nitrogen and oxygen atoms in total. The Morgan fingerprint density at radius 3 is 2.55 bits per heavy atom. The van der Waals surface area contributed by atoms with E-state index in [1.54, 1.807) is 44.4 Å². The fourth-order valence-corrected chi connectivity index (χ4v) is 1.94. The van der Waals surface area contributed by atoms with E-state index in [0.717, 1.165) is 0 Å². The second-order valence-electron chi connectivity index (χ2n) is 4.64. The van der Waals surface area contributed by atoms with Gasteiger partial charge in [0, 0.05) is 5.69 Å². The maximum absolute atomic E-state index is 12.2. The maximum Gasteiger partial charge on any atom is 0.265 e. The zero-order valence-corrected chi connectivity index (χ0v) is 13.1. The lowest BCUT2D eigenvalue weighted by molar-refractivity contribution is -0.122. The Labute approximate surface area is 134 Å². The average molecular weight is 321 g/mol. The molecule has 0 aromatic heterocycles. The number of hydrogen-bond donors (Lipinski definition) is 2. The number of anilines is 2. The van der Waals surface area contributed by atoms with Gasteiger partial charge in [-0.05, 0) is 37.3 Å². The van der Waals surface area contributed by atoms with Crippen LogP contribution in [0.3, 0.4) is 0 Å². The number of rotatable bonds is 5. The largest absolute Gasteiger partial charge is 0.493 e. The van der Waals surface area contributed by atoms with Crippen LogP contribution in [0.25, 0.3) is 0 Å². The fraction of sp³-hybridized carbons (Fsp3) is 0.188. The molecule has 2 aromatic carbocycles. The first-order valence-electron chi connectivity index (χ1n) is 6.67. The number of carbonyl (C=O) groups is 1. The van der Waals surface area contributed by atoms with Gasteiger partial charge in [0.05, 0.1) is 17.8 Å². The minimum atomic E-state index is -0.701. The summed E-state index contributed by atoms with van der Waals surface area (Å²) in [5, 5.41) is 3.17. The molecule has 0 unspecified atom stereocenters. The van der Waals surface area contributed by atoms with Gasteiger partial charge in [0.25, 0.3) is 5.91 Å². The first-order valence-corrected chi connectivity index (χ1v) is 7.04. The number of carbonyl (C=O) groups excluding carboxylic acids is 1. The van der Waals surface area contributed by atoms with Gasteiger partial charge < -0.3 is 20.5 Å². The van der Waals surface area contributed by atoms with Gasteiger partial charge in [0.2, 0.25) is 0 Å². The Morgan fingerprint density at radius 1 is 1.23 bits per heavy atom. The van der Waals surface area contributed by atoms with Crippen molar-refractivity contribution < 1.29 is 14.3 Å². The summed E-state index contributed by atoms with van der Waals surface area (Å²) in [5.41, 5.74) is 6.66. The Hall–Kier alpha value is -2.40. The van der Waals surface area contributed by atoms with Crippen LogP contribution < -0.4 is 20.5 Å². The minimum Gasteiger partial charge on any atom is -0.493 e. The molecule has 0 aliphatic carbocycles. The molecule has 0 spiro atoms. The van der Waals surface area contributed by atoms with Crippen LogP contribution in [0.15, 0.2) is 42.5 Å². The van der Waals surface area contributed by atoms with E-state index < -0.39 is 6.10 Å². The van der Waals surface area contributed by atoms with Crippen LogP contribution in [-0.2, 0) is 4.79 Å². The van der Waals surface area contributed by atoms with Crippen LogP contribution in [0.2, 0.25) is 5.02 Å². The van der Waals surface area contributed by atoms with Crippen molar-refractivity contribution in [1.82, 2.24) is 0 Å². The molecule has 116 valence electrons. The number of benzene rings is 2. The van der Waals surface area contributed by atoms with E-state index in [9.17, 15) is 4.79 Å². The van der Waals surface area contributed by atoms with Gasteiger partial charge in [0.1, 0.15) is 0 Å². The van der Waals surface area contributed by atoms with Crippen LogP contribution in [0.5, 0.6) is 11.5 Å². The van der Waals surface area contributed by atoms with Gasteiger partial charge in [-0.25, -0.2) is 0 Å². The molecule has 0 radical (unpaired) electrons. The van der Waals surface area contributed by atoms with E-state index in [-0.39, 0.29) is 5.91 Å². The molecule has 0 bridgehead atoms. The van der Waals surface area contributed by atoms with Gasteiger partial charge in [-0.15, -0.1) is 0 Å². The third-order valence-electron chi connectivity index (χ3n) is 3.01. The number of methoxy groups -OCH3 is 1. The minimum absolute atomic E-state index is 0.298. The van der Waals surface area contributed by atoms with Crippen LogP contribution in [0.1, 0.15) is 6.92 Å². The number of hydrogen-bond acceptors (Lipinski definition) is 4. The molecule has 3 N–H and O–H groups in total. The van der Waals surface area contributed by atoms with E-state index in [4.69, 9.17) is 26.8 Å². The van der Waals surface area contributed by atoms with Crippen molar-refractivity contribution in [2.45, 2.75) is 13.0 Å². The quantitative estimate of drug-likeness (QED) is 0.829. The second kappa shape index (κ2) is 7.04. The van der Waals surface area contributed by atoms with Crippen LogP contribution in [0.4, 0.5) is 11.4 Å². The topological polar surface area (TPSA) is 73.6 Å². The molecule has 22 heavy (non-hydrogen) atoms. The van der Waals surface area contributed by atoms with E-state index in [1.807, 2.05) is 12.1 Å². The number of nitrogen functional groups attached to an aromatic ring is 1. The zero-order valence-electron chi connectivity index (χ0n) is 12.3. The number of nitrogens with one attached hydrogen (secondary N) is 1. The van der Waals surface area contributed by atoms with Gasteiger partial charge >= 0.3 is 0 Å². The van der Waals surface area contributed by atoms with Gasteiger partial charge in [-0.2, -0.15) is 0 Å². The highest BCUT2D eigenvalue weighted by atomic mass is 35.5. The summed E-state index contributed by atoms with van der Waals surface area (Å²) in [6.07, 6.45) is -0.701. The Balaban J connectivity index is 2.04. The molecule has 0 fully saturated rings. The summed E-state index contributed by atoms with van der Waals surface area (Å²) in [4.78, 5) is 12.2. The predicted octanol–water partition coefficient (Wildman–Crippen LogP) is 3.34. The third kappa shape index (κ3) is 3.83. The van der Waals surface area contributed by atoms with E-state index >= 15 is 0 Å². The van der Waals surface area contributed by atoms with Crippen molar-refractivity contribution in [1.29, 1.82) is 0 Å². The number of para-hydroxylation sites is 2. The molecule has 0 saturated heterocycles. The Kier molecular flexibility index (Phi) is 5.12. The summed E-state index contributed by atoms with van der Waals surface area (Å²) in [5.74, 6) is 0.772. The van der Waals surface area contributed by atoms with Gasteiger partial charge in [0.15, 0.2) is 17.6 Å². The smallest absolute Gasteiger partial charge is 0.265 e. The Bertz CT molecular complexity index is 676. The van der Waals surface area contributed by atoms with Crippen molar-refractivity contribution in [3.8, 4) is 11.5 Å². The second-order valence-corrected chi connectivity index (χ2v) is 5.04. The maximum atomic E-state index is 12.2. The molecule has 2 aromatic rings. The van der Waals surface area contributed by atoms with Gasteiger partial charge in [-0.1, -0.05) is 23.7 Å². The Morgan fingerprint density at radius 2 is 1.91 bits per heavy atom. The molecule has 0 aliphatic rings. The highest BCUT2D eigenvalue weighted by molar-refractivity contribution is 6.33. The molecule has 2 rings (SSSR count). The lowest BCUT2D eigenvalue weighted by atomic mass is 10.2. The molecular weight excluding hydrogens is 304 g/mol. The number of halogens is 1. The van der Waals surface area contributed by atoms with Crippen LogP contribution in [0, 0.1) is 0 Å². The normalized spacial score (nSPS) is 11.6. The summed E-state index contributed by atoms with van der Waals surface area (Å²) < 4.78 is 10.8. The molecule has 1 atom stereocenters. The van der Waals surface area contributed by atoms with Crippen molar-refractivity contribution in [3.63, 3.8) is 0 Å². The van der Waals surface area contributed by atoms with Gasteiger partial charge in [-0.3, -0.25) is 4.79 Å². The predicted molar refractivity (Wildman–Crippen MR) is 87.6 cm³/mol. The van der Waals surface area contributed by atoms with E-state index in [0.29, 0.717) is 27.9 Å². The molecule has 0 aliphatic heterocycles. The van der Waals surface area contributed by atoms with Crippen molar-refractivity contribution in [3.05, 3.63) is 47.5 Å². The van der Waals surface area contributed by atoms with Crippen LogP contribution in [-0.4, -0.2) is 19.1 Å². The standard InChI is InChI=1S/C16H17ClN2O3/c1-10(22-15-6-4-3-5-14(15)21-2)16(20)19-11-7-8-12(17)13(18)9-11/h3-10H,18H2,1-2H3,(H,19,20)/t10-/m1/s1. The molecule has 0 saturated carbocycles. The summed E-state index contributed by atoms with van der Waals surface area (Å²) >= 11 is 5.84. The highest BCUT2D eigenvalue weighted by Crippen LogP contribution is 2.27. The lowest BCUT2D eigenvalue weighted by Gasteiger charge is -2.16. The highest BCUT2D eigenvalue weighted by Gasteiger charge is 2.17. The summed E-state index contributed by atoms with van der Waals surface area (Å²) in [6.45, 7) is 1.65. The zero-order chi connectivity index (χ0) is 16.1. The fourth-order valence-electron chi connectivity index (χ4n) is 1.83. The summed E-state index contributed by atoms with van der Waals surface area (Å²) in [7, 11) is 1.55. The first-order chi connectivity index (χ1) is 10.5. The number of amides is 1. The summed E-state index contributed by atoms with van der Waals surface area (Å²) in [6, 6.07) is 12.0. The van der Waals surface area contributed by atoms with Crippen molar-refractivity contribution in [2.24, 2.45) is 0 Å². The van der Waals surface area contributed by atoms with E-state index in [1.165, 1.54) is 0 Å². The lowest BCUT2D eigenvalue weighted by Crippen LogP contribution is -2.30. The first kappa shape index (κ1) is 16.0. The number of nitrogens with two attached hydrogens (primary N) is 1. The molecule has 6 heteroatoms. The average Bonchev–Trinajstić information content (AvgIpc) is 2.51. The number of ether oxygens (including phenoxy) is 2. The monoisotopic (exact) mass is 320 g/mol. The molecular formula is C16H17ClN2O3. The SMILES string of the molecule is COc1ccccc1O[C@H](C)C(=O)Nc1ccc(Cl)c(N)c1. The van der Waals surface area contributed by atoms with Crippen LogP contribution >= 0.6 is 11.6 Å². The van der Waals surface area contributed by atoms with Crippen molar-refractivity contribution >= 4 is 28.9 Å². The van der Waals surface area contributed by atoms with Crippen molar-refractivity contribution in [2.75, 3.05) is 18.2 Å². The van der Waals surface area contributed by atoms with E-state index in [2.05, 4.69) is 5.32 Å². The third-order valence-corrected chi connectivity index (χ3v) is 3.35. The molecule has 0 heterocycles. The molecule has 1 amide bonds.